The first-order valence-electron chi connectivity index (χ1n) is 11.8. The van der Waals surface area contributed by atoms with Gasteiger partial charge in [-0.25, -0.2) is 8.42 Å². The molecule has 2 aromatic carbocycles. The number of nitrogens with zero attached hydrogens (tertiary/aromatic N) is 1. The number of hydrogen-bond donors (Lipinski definition) is 1. The van der Waals surface area contributed by atoms with Crippen LogP contribution in [0.4, 0.5) is 0 Å². The quantitative estimate of drug-likeness (QED) is 0.569. The maximum Gasteiger partial charge on any atom is 0.309 e. The first-order valence-corrected chi connectivity index (χ1v) is 13.2. The van der Waals surface area contributed by atoms with E-state index in [0.717, 1.165) is 11.1 Å². The number of amides is 1. The van der Waals surface area contributed by atoms with Gasteiger partial charge in [-0.1, -0.05) is 56.3 Å². The number of rotatable bonds is 8. The van der Waals surface area contributed by atoms with Gasteiger partial charge in [0.15, 0.2) is 6.10 Å². The topological polar surface area (TPSA) is 92.8 Å². The molecule has 0 spiro atoms. The van der Waals surface area contributed by atoms with Crippen molar-refractivity contribution in [2.75, 3.05) is 13.1 Å². The first-order chi connectivity index (χ1) is 16.1. The predicted molar refractivity (Wildman–Crippen MR) is 131 cm³/mol. The van der Waals surface area contributed by atoms with Crippen LogP contribution in [-0.4, -0.2) is 43.8 Å². The lowest BCUT2D eigenvalue weighted by Gasteiger charge is -2.30. The molecular weight excluding hydrogens is 452 g/mol. The molecule has 2 atom stereocenters. The summed E-state index contributed by atoms with van der Waals surface area (Å²) in [5, 5.41) is 2.86. The Hall–Kier alpha value is -2.71. The molecule has 2 aromatic rings. The molecule has 1 heterocycles. The van der Waals surface area contributed by atoms with Crippen molar-refractivity contribution in [3.63, 3.8) is 0 Å². The fourth-order valence-corrected chi connectivity index (χ4v) is 5.46. The number of carbonyl (C=O) groups excluding carboxylic acids is 2. The molecule has 34 heavy (non-hydrogen) atoms. The average Bonchev–Trinajstić information content (AvgIpc) is 2.84. The number of sulfonamides is 1. The molecule has 184 valence electrons. The highest BCUT2D eigenvalue weighted by atomic mass is 32.2. The second kappa shape index (κ2) is 11.1. The first kappa shape index (κ1) is 25.9. The maximum absolute atomic E-state index is 13.0. The number of hydrogen-bond acceptors (Lipinski definition) is 5. The van der Waals surface area contributed by atoms with Crippen LogP contribution in [0.2, 0.25) is 0 Å². The van der Waals surface area contributed by atoms with Crippen LogP contribution in [0.3, 0.4) is 0 Å². The fourth-order valence-electron chi connectivity index (χ4n) is 3.99. The summed E-state index contributed by atoms with van der Waals surface area (Å²) in [6.45, 7) is 8.00. The molecule has 0 aromatic heterocycles. The van der Waals surface area contributed by atoms with E-state index in [9.17, 15) is 18.0 Å². The van der Waals surface area contributed by atoms with E-state index in [-0.39, 0.29) is 29.9 Å². The Kier molecular flexibility index (Phi) is 8.49. The van der Waals surface area contributed by atoms with Gasteiger partial charge in [0.05, 0.1) is 16.9 Å². The van der Waals surface area contributed by atoms with Crippen LogP contribution in [0, 0.1) is 5.92 Å². The third-order valence-electron chi connectivity index (χ3n) is 6.29. The van der Waals surface area contributed by atoms with Gasteiger partial charge in [-0.05, 0) is 55.9 Å². The van der Waals surface area contributed by atoms with Crippen LogP contribution in [-0.2, 0) is 24.3 Å². The molecule has 1 amide bonds. The summed E-state index contributed by atoms with van der Waals surface area (Å²) in [6, 6.07) is 16.3. The fraction of sp³-hybridized carbons (Fsp3) is 0.462. The molecule has 2 unspecified atom stereocenters. The Morgan fingerprint density at radius 1 is 0.912 bits per heavy atom. The Bertz CT molecular complexity index is 1080. The van der Waals surface area contributed by atoms with Crippen molar-refractivity contribution in [1.82, 2.24) is 9.62 Å². The summed E-state index contributed by atoms with van der Waals surface area (Å²) in [7, 11) is -3.61. The van der Waals surface area contributed by atoms with Gasteiger partial charge in [0.1, 0.15) is 0 Å². The zero-order chi connectivity index (χ0) is 24.9. The number of esters is 1. The van der Waals surface area contributed by atoms with Crippen molar-refractivity contribution in [2.45, 2.75) is 63.5 Å². The van der Waals surface area contributed by atoms with Crippen LogP contribution >= 0.6 is 0 Å². The number of ether oxygens (including phenoxy) is 1. The Balaban J connectivity index is 1.51. The number of nitrogens with one attached hydrogen (secondary N) is 1. The minimum atomic E-state index is -3.61. The standard InChI is InChI=1S/C26H34N2O5S/c1-18(2)21-10-12-24(13-11-21)34(31,32)28-16-14-23(15-17-28)26(30)33-20(4)25(29)27-19(3)22-8-6-5-7-9-22/h5-13,18-20,23H,14-17H2,1-4H3,(H,27,29). The van der Waals surface area contributed by atoms with Gasteiger partial charge in [0.25, 0.3) is 5.91 Å². The lowest BCUT2D eigenvalue weighted by atomic mass is 9.98. The van der Waals surface area contributed by atoms with Gasteiger partial charge in [-0.2, -0.15) is 4.31 Å². The van der Waals surface area contributed by atoms with E-state index in [1.807, 2.05) is 49.4 Å². The molecule has 0 bridgehead atoms. The van der Waals surface area contributed by atoms with Crippen LogP contribution in [0.25, 0.3) is 0 Å². The smallest absolute Gasteiger partial charge is 0.309 e. The molecule has 1 aliphatic rings. The highest BCUT2D eigenvalue weighted by molar-refractivity contribution is 7.89. The van der Waals surface area contributed by atoms with E-state index >= 15 is 0 Å². The molecule has 8 heteroatoms. The van der Waals surface area contributed by atoms with Crippen LogP contribution < -0.4 is 5.32 Å². The van der Waals surface area contributed by atoms with Crippen molar-refractivity contribution >= 4 is 21.9 Å². The molecule has 0 aliphatic carbocycles. The van der Waals surface area contributed by atoms with E-state index in [2.05, 4.69) is 19.2 Å². The van der Waals surface area contributed by atoms with E-state index < -0.39 is 28.0 Å². The molecule has 1 fully saturated rings. The summed E-state index contributed by atoms with van der Waals surface area (Å²) < 4.78 is 32.8. The normalized spacial score (nSPS) is 17.2. The number of piperidine rings is 1. The van der Waals surface area contributed by atoms with Gasteiger partial charge in [-0.3, -0.25) is 9.59 Å². The minimum absolute atomic E-state index is 0.210. The molecule has 7 nitrogen and oxygen atoms in total. The zero-order valence-electron chi connectivity index (χ0n) is 20.2. The number of benzene rings is 2. The summed E-state index contributed by atoms with van der Waals surface area (Å²) in [5.74, 6) is -0.941. The van der Waals surface area contributed by atoms with Gasteiger partial charge >= 0.3 is 5.97 Å². The van der Waals surface area contributed by atoms with Gasteiger partial charge in [0.2, 0.25) is 10.0 Å². The lowest BCUT2D eigenvalue weighted by molar-refractivity contribution is -0.160. The Labute approximate surface area is 202 Å². The molecule has 1 aliphatic heterocycles. The summed E-state index contributed by atoms with van der Waals surface area (Å²) >= 11 is 0. The lowest BCUT2D eigenvalue weighted by Crippen LogP contribution is -2.42. The maximum atomic E-state index is 13.0. The van der Waals surface area contributed by atoms with Crippen molar-refractivity contribution in [3.05, 3.63) is 65.7 Å². The predicted octanol–water partition coefficient (Wildman–Crippen LogP) is 4.02. The highest BCUT2D eigenvalue weighted by Gasteiger charge is 2.34. The molecule has 1 N–H and O–H groups in total. The Morgan fingerprint density at radius 2 is 1.50 bits per heavy atom. The van der Waals surface area contributed by atoms with Crippen molar-refractivity contribution in [2.24, 2.45) is 5.92 Å². The highest BCUT2D eigenvalue weighted by Crippen LogP contribution is 2.26. The third kappa shape index (κ3) is 6.24. The van der Waals surface area contributed by atoms with Crippen LogP contribution in [0.15, 0.2) is 59.5 Å². The summed E-state index contributed by atoms with van der Waals surface area (Å²) in [6.07, 6.45) is -0.215. The van der Waals surface area contributed by atoms with E-state index in [1.165, 1.54) is 4.31 Å². The third-order valence-corrected chi connectivity index (χ3v) is 8.21. The van der Waals surface area contributed by atoms with Gasteiger partial charge in [-0.15, -0.1) is 0 Å². The van der Waals surface area contributed by atoms with E-state index in [0.29, 0.717) is 18.8 Å². The largest absolute Gasteiger partial charge is 0.452 e. The number of carbonyl (C=O) groups is 2. The monoisotopic (exact) mass is 486 g/mol. The second-order valence-electron chi connectivity index (χ2n) is 9.12. The van der Waals surface area contributed by atoms with Gasteiger partial charge in [0, 0.05) is 13.1 Å². The molecule has 0 saturated carbocycles. The van der Waals surface area contributed by atoms with E-state index in [1.54, 1.807) is 19.1 Å². The minimum Gasteiger partial charge on any atom is -0.452 e. The SMILES string of the molecule is CC(OC(=O)C1CCN(S(=O)(=O)c2ccc(C(C)C)cc2)CC1)C(=O)NC(C)c1ccccc1. The van der Waals surface area contributed by atoms with Crippen LogP contribution in [0.5, 0.6) is 0 Å². The zero-order valence-corrected chi connectivity index (χ0v) is 21.0. The molecule has 3 rings (SSSR count). The summed E-state index contributed by atoms with van der Waals surface area (Å²) in [4.78, 5) is 25.4. The van der Waals surface area contributed by atoms with Crippen molar-refractivity contribution in [1.29, 1.82) is 0 Å². The molecule has 1 saturated heterocycles. The van der Waals surface area contributed by atoms with Crippen molar-refractivity contribution in [3.8, 4) is 0 Å². The Morgan fingerprint density at radius 3 is 2.06 bits per heavy atom. The molecular formula is C26H34N2O5S. The average molecular weight is 487 g/mol. The second-order valence-corrected chi connectivity index (χ2v) is 11.1. The van der Waals surface area contributed by atoms with E-state index in [4.69, 9.17) is 4.74 Å². The van der Waals surface area contributed by atoms with Crippen molar-refractivity contribution < 1.29 is 22.7 Å². The van der Waals surface area contributed by atoms with Gasteiger partial charge < -0.3 is 10.1 Å². The van der Waals surface area contributed by atoms with Crippen LogP contribution in [0.1, 0.15) is 63.6 Å². The molecule has 0 radical (unpaired) electrons. The summed E-state index contributed by atoms with van der Waals surface area (Å²) in [5.41, 5.74) is 2.04.